The van der Waals surface area contributed by atoms with Gasteiger partial charge in [-0.2, -0.15) is 0 Å². The highest BCUT2D eigenvalue weighted by Gasteiger charge is 2.35. The third-order valence-electron chi connectivity index (χ3n) is 4.64. The van der Waals surface area contributed by atoms with Crippen LogP contribution in [0, 0.1) is 6.92 Å². The van der Waals surface area contributed by atoms with Crippen LogP contribution in [-0.2, 0) is 6.42 Å². The molecule has 1 atom stereocenters. The van der Waals surface area contributed by atoms with E-state index in [1.807, 2.05) is 36.3 Å². The molecule has 6 nitrogen and oxygen atoms in total. The van der Waals surface area contributed by atoms with E-state index < -0.39 is 0 Å². The summed E-state index contributed by atoms with van der Waals surface area (Å²) in [6, 6.07) is 5.62. The Labute approximate surface area is 149 Å². The third kappa shape index (κ3) is 2.78. The first-order valence-electron chi connectivity index (χ1n) is 8.45. The van der Waals surface area contributed by atoms with Gasteiger partial charge in [-0.1, -0.05) is 23.3 Å². The van der Waals surface area contributed by atoms with E-state index in [0.717, 1.165) is 41.2 Å². The summed E-state index contributed by atoms with van der Waals surface area (Å²) in [6.07, 6.45) is 2.64. The van der Waals surface area contributed by atoms with Crippen LogP contribution in [-0.4, -0.2) is 27.7 Å². The number of nitrogens with zero attached hydrogens (tertiary/aromatic N) is 3. The summed E-state index contributed by atoms with van der Waals surface area (Å²) in [5.74, 6) is 1.39. The van der Waals surface area contributed by atoms with Gasteiger partial charge < -0.3 is 13.9 Å². The number of thiophene rings is 1. The molecule has 25 heavy (non-hydrogen) atoms. The van der Waals surface area contributed by atoms with Gasteiger partial charge in [0, 0.05) is 24.6 Å². The molecule has 0 aromatic carbocycles. The normalized spacial score (nSPS) is 17.4. The molecule has 1 fully saturated rings. The fourth-order valence-electron chi connectivity index (χ4n) is 3.47. The van der Waals surface area contributed by atoms with Crippen LogP contribution in [0.3, 0.4) is 0 Å². The molecule has 1 saturated heterocycles. The lowest BCUT2D eigenvalue weighted by Gasteiger charge is -2.24. The van der Waals surface area contributed by atoms with Crippen LogP contribution >= 0.6 is 11.3 Å². The Morgan fingerprint density at radius 1 is 1.40 bits per heavy atom. The molecular weight excluding hydrogens is 338 g/mol. The van der Waals surface area contributed by atoms with Crippen molar-refractivity contribution in [2.45, 2.75) is 39.2 Å². The van der Waals surface area contributed by atoms with Gasteiger partial charge in [0.15, 0.2) is 11.5 Å². The van der Waals surface area contributed by atoms with E-state index in [0.29, 0.717) is 18.0 Å². The minimum atomic E-state index is -0.100. The van der Waals surface area contributed by atoms with Crippen molar-refractivity contribution in [2.24, 2.45) is 0 Å². The van der Waals surface area contributed by atoms with Crippen molar-refractivity contribution in [1.82, 2.24) is 15.2 Å². The molecule has 3 aromatic rings. The molecule has 0 aliphatic carbocycles. The van der Waals surface area contributed by atoms with Gasteiger partial charge in [-0.15, -0.1) is 11.3 Å². The molecule has 1 aliphatic rings. The maximum Gasteiger partial charge on any atom is 0.276 e. The second-order valence-electron chi connectivity index (χ2n) is 6.17. The van der Waals surface area contributed by atoms with Crippen LogP contribution in [0.15, 0.2) is 32.6 Å². The van der Waals surface area contributed by atoms with Crippen molar-refractivity contribution in [1.29, 1.82) is 0 Å². The van der Waals surface area contributed by atoms with Gasteiger partial charge in [0.05, 0.1) is 16.6 Å². The molecule has 1 aliphatic heterocycles. The number of carbonyl (C=O) groups excluding carboxylic acids is 1. The molecule has 0 bridgehead atoms. The van der Waals surface area contributed by atoms with Crippen LogP contribution in [0.25, 0.3) is 10.6 Å². The molecule has 4 heterocycles. The molecule has 1 unspecified atom stereocenters. The van der Waals surface area contributed by atoms with Crippen LogP contribution in [0.4, 0.5) is 0 Å². The number of aromatic nitrogens is 2. The highest BCUT2D eigenvalue weighted by atomic mass is 32.1. The monoisotopic (exact) mass is 357 g/mol. The highest BCUT2D eigenvalue weighted by Crippen LogP contribution is 2.37. The predicted octanol–water partition coefficient (Wildman–Crippen LogP) is 4.24. The lowest BCUT2D eigenvalue weighted by atomic mass is 10.0. The molecular formula is C18H19N3O3S. The van der Waals surface area contributed by atoms with Gasteiger partial charge in [-0.3, -0.25) is 4.79 Å². The summed E-state index contributed by atoms with van der Waals surface area (Å²) >= 11 is 1.56. The smallest absolute Gasteiger partial charge is 0.276 e. The molecule has 7 heteroatoms. The van der Waals surface area contributed by atoms with Gasteiger partial charge in [0.1, 0.15) is 5.76 Å². The minimum Gasteiger partial charge on any atom is -0.361 e. The van der Waals surface area contributed by atoms with E-state index in [1.165, 1.54) is 0 Å². The Bertz CT molecular complexity index is 881. The van der Waals surface area contributed by atoms with E-state index in [1.54, 1.807) is 17.4 Å². The van der Waals surface area contributed by atoms with Gasteiger partial charge in [0.2, 0.25) is 0 Å². The van der Waals surface area contributed by atoms with Crippen LogP contribution in [0.5, 0.6) is 0 Å². The van der Waals surface area contributed by atoms with Gasteiger partial charge in [0.25, 0.3) is 5.91 Å². The maximum absolute atomic E-state index is 13.0. The first-order chi connectivity index (χ1) is 12.2. The number of amides is 1. The number of carbonyl (C=O) groups is 1. The Morgan fingerprint density at radius 3 is 3.04 bits per heavy atom. The Hall–Kier alpha value is -2.41. The molecule has 0 N–H and O–H groups in total. The van der Waals surface area contributed by atoms with Crippen LogP contribution in [0.1, 0.15) is 53.3 Å². The summed E-state index contributed by atoms with van der Waals surface area (Å²) in [7, 11) is 0. The lowest BCUT2D eigenvalue weighted by Crippen LogP contribution is -2.31. The SMILES string of the molecule is CCc1onc(C)c1C1CCCN1C(=O)c1cc(-c2cccs2)on1. The predicted molar refractivity (Wildman–Crippen MR) is 93.4 cm³/mol. The summed E-state index contributed by atoms with van der Waals surface area (Å²) in [5, 5.41) is 10.1. The van der Waals surface area contributed by atoms with Crippen molar-refractivity contribution in [2.75, 3.05) is 6.54 Å². The fourth-order valence-corrected chi connectivity index (χ4v) is 4.15. The van der Waals surface area contributed by atoms with Crippen LogP contribution < -0.4 is 0 Å². The quantitative estimate of drug-likeness (QED) is 0.698. The first kappa shape index (κ1) is 16.1. The zero-order valence-electron chi connectivity index (χ0n) is 14.2. The largest absolute Gasteiger partial charge is 0.361 e. The second kappa shape index (κ2) is 6.48. The van der Waals surface area contributed by atoms with Crippen LogP contribution in [0.2, 0.25) is 0 Å². The van der Waals surface area contributed by atoms with E-state index >= 15 is 0 Å². The first-order valence-corrected chi connectivity index (χ1v) is 9.33. The molecule has 0 saturated carbocycles. The molecule has 0 radical (unpaired) electrons. The Kier molecular flexibility index (Phi) is 4.17. The summed E-state index contributed by atoms with van der Waals surface area (Å²) in [6.45, 7) is 4.68. The van der Waals surface area contributed by atoms with Gasteiger partial charge in [-0.25, -0.2) is 0 Å². The molecule has 1 amide bonds. The second-order valence-corrected chi connectivity index (χ2v) is 7.12. The number of aryl methyl sites for hydroxylation is 2. The van der Waals surface area contributed by atoms with Crippen molar-refractivity contribution >= 4 is 17.2 Å². The van der Waals surface area contributed by atoms with E-state index in [-0.39, 0.29) is 11.9 Å². The molecule has 0 spiro atoms. The highest BCUT2D eigenvalue weighted by molar-refractivity contribution is 7.13. The zero-order chi connectivity index (χ0) is 17.4. The van der Waals surface area contributed by atoms with E-state index in [9.17, 15) is 4.79 Å². The van der Waals surface area contributed by atoms with Gasteiger partial charge in [-0.05, 0) is 31.2 Å². The standard InChI is InChI=1S/C18H19N3O3S/c1-3-14-17(11(2)19-23-14)13-6-4-8-21(13)18(22)12-10-15(24-20-12)16-7-5-9-25-16/h5,7,9-10,13H,3-4,6,8H2,1-2H3. The number of likely N-dealkylation sites (tertiary alicyclic amines) is 1. The van der Waals surface area contributed by atoms with Crippen molar-refractivity contribution in [3.8, 4) is 10.6 Å². The summed E-state index contributed by atoms with van der Waals surface area (Å²) in [5.41, 5.74) is 2.26. The number of hydrogen-bond acceptors (Lipinski definition) is 6. The third-order valence-corrected chi connectivity index (χ3v) is 5.53. The lowest BCUT2D eigenvalue weighted by molar-refractivity contribution is 0.0724. The molecule has 4 rings (SSSR count). The number of hydrogen-bond donors (Lipinski definition) is 0. The summed E-state index contributed by atoms with van der Waals surface area (Å²) < 4.78 is 10.8. The van der Waals surface area contributed by atoms with Crippen molar-refractivity contribution in [3.63, 3.8) is 0 Å². The van der Waals surface area contributed by atoms with E-state index in [4.69, 9.17) is 9.05 Å². The maximum atomic E-state index is 13.0. The molecule has 3 aromatic heterocycles. The minimum absolute atomic E-state index is 0.00409. The summed E-state index contributed by atoms with van der Waals surface area (Å²) in [4.78, 5) is 15.8. The Balaban J connectivity index is 1.62. The average Bonchev–Trinajstić information content (AvgIpc) is 3.38. The average molecular weight is 357 g/mol. The molecule has 130 valence electrons. The van der Waals surface area contributed by atoms with E-state index in [2.05, 4.69) is 10.3 Å². The van der Waals surface area contributed by atoms with Crippen molar-refractivity contribution in [3.05, 3.63) is 46.3 Å². The number of rotatable bonds is 4. The topological polar surface area (TPSA) is 72.4 Å². The fraction of sp³-hybridized carbons (Fsp3) is 0.389. The zero-order valence-corrected chi connectivity index (χ0v) is 15.0. The Morgan fingerprint density at radius 2 is 2.28 bits per heavy atom. The van der Waals surface area contributed by atoms with Crippen molar-refractivity contribution < 1.29 is 13.8 Å². The van der Waals surface area contributed by atoms with Gasteiger partial charge >= 0.3 is 0 Å².